The Morgan fingerprint density at radius 1 is 1.02 bits per heavy atom. The fourth-order valence-electron chi connectivity index (χ4n) is 4.37. The number of fused-ring (bicyclic) bond motifs is 3. The number of rotatable bonds is 8. The number of amides is 2. The van der Waals surface area contributed by atoms with Gasteiger partial charge in [-0.25, -0.2) is 9.78 Å². The minimum Gasteiger partial charge on any atom is -0.488 e. The van der Waals surface area contributed by atoms with Crippen molar-refractivity contribution in [3.63, 3.8) is 0 Å². The maximum absolute atomic E-state index is 13.7. The number of nitrogens with zero attached hydrogens (tertiary/aromatic N) is 1. The number of hydrogen-bond acceptors (Lipinski definition) is 7. The summed E-state index contributed by atoms with van der Waals surface area (Å²) >= 11 is 1.52. The van der Waals surface area contributed by atoms with E-state index in [0.717, 1.165) is 11.1 Å². The highest BCUT2D eigenvalue weighted by atomic mass is 32.1. The van der Waals surface area contributed by atoms with Crippen LogP contribution in [0.4, 0.5) is 5.69 Å². The number of hydrogen-bond donors (Lipinski definition) is 5. The first-order valence-electron chi connectivity index (χ1n) is 12.4. The van der Waals surface area contributed by atoms with E-state index >= 15 is 0 Å². The lowest BCUT2D eigenvalue weighted by molar-refractivity contribution is 0.0691. The zero-order chi connectivity index (χ0) is 28.4. The van der Waals surface area contributed by atoms with Crippen molar-refractivity contribution in [2.45, 2.75) is 20.0 Å². The number of aromatic nitrogens is 1. The molecule has 4 aromatic rings. The summed E-state index contributed by atoms with van der Waals surface area (Å²) in [5.74, 6) is -1.91. The third-order valence-electron chi connectivity index (χ3n) is 6.39. The van der Waals surface area contributed by atoms with E-state index in [1.165, 1.54) is 23.5 Å². The lowest BCUT2D eigenvalue weighted by atomic mass is 9.91. The van der Waals surface area contributed by atoms with E-state index in [4.69, 9.17) is 15.9 Å². The molecule has 10 nitrogen and oxygen atoms in total. The van der Waals surface area contributed by atoms with Crippen molar-refractivity contribution in [2.24, 2.45) is 5.73 Å². The van der Waals surface area contributed by atoms with Crippen LogP contribution in [-0.2, 0) is 6.61 Å². The molecular weight excluding hydrogens is 530 g/mol. The van der Waals surface area contributed by atoms with Crippen molar-refractivity contribution in [3.8, 4) is 28.0 Å². The molecule has 0 bridgehead atoms. The van der Waals surface area contributed by atoms with Gasteiger partial charge in [-0.3, -0.25) is 15.0 Å². The number of thiophene rings is 1. The Bertz CT molecular complexity index is 1660. The van der Waals surface area contributed by atoms with Crippen LogP contribution < -0.4 is 21.1 Å². The van der Waals surface area contributed by atoms with E-state index in [9.17, 15) is 19.5 Å². The molecule has 1 aliphatic heterocycles. The molecule has 3 heterocycles. The van der Waals surface area contributed by atoms with Crippen LogP contribution in [0.15, 0.2) is 59.3 Å². The van der Waals surface area contributed by atoms with Gasteiger partial charge < -0.3 is 26.2 Å². The molecule has 0 aliphatic carbocycles. The van der Waals surface area contributed by atoms with Gasteiger partial charge in [-0.05, 0) is 65.7 Å². The van der Waals surface area contributed by atoms with E-state index in [0.29, 0.717) is 47.7 Å². The second-order valence-corrected chi connectivity index (χ2v) is 9.84. The summed E-state index contributed by atoms with van der Waals surface area (Å²) in [6, 6.07) is 12.7. The number of nitrogens with one attached hydrogen (secondary N) is 3. The topological polar surface area (TPSA) is 167 Å². The van der Waals surface area contributed by atoms with Gasteiger partial charge in [-0.1, -0.05) is 6.92 Å². The molecule has 5 rings (SSSR count). The number of carboxylic acid groups (broad SMARTS) is 1. The predicted octanol–water partition coefficient (Wildman–Crippen LogP) is 4.74. The van der Waals surface area contributed by atoms with Crippen molar-refractivity contribution in [3.05, 3.63) is 87.4 Å². The van der Waals surface area contributed by atoms with Gasteiger partial charge in [0.2, 0.25) is 0 Å². The Labute approximate surface area is 233 Å². The highest BCUT2D eigenvalue weighted by Crippen LogP contribution is 2.43. The second kappa shape index (κ2) is 11.0. The zero-order valence-corrected chi connectivity index (χ0v) is 22.2. The fraction of sp³-hybridized carbons (Fsp3) is 0.138. The maximum atomic E-state index is 13.7. The SMILES string of the molecule is CCCNC(=O)c1ccc(-c2cc3c(cc2C(=O)Nc2ccc(C(=N)N)cc2)-c2cscc2CO3)c(C(=O)O)n1. The molecule has 6 N–H and O–H groups in total. The van der Waals surface area contributed by atoms with Crippen molar-refractivity contribution >= 4 is 40.6 Å². The lowest BCUT2D eigenvalue weighted by Gasteiger charge is -2.22. The number of ether oxygens (including phenoxy) is 1. The third-order valence-corrected chi connectivity index (χ3v) is 7.18. The van der Waals surface area contributed by atoms with E-state index < -0.39 is 17.8 Å². The Balaban J connectivity index is 1.62. The molecule has 0 fully saturated rings. The van der Waals surface area contributed by atoms with Gasteiger partial charge in [-0.15, -0.1) is 0 Å². The quantitative estimate of drug-likeness (QED) is 0.154. The fourth-order valence-corrected chi connectivity index (χ4v) is 5.22. The van der Waals surface area contributed by atoms with Crippen molar-refractivity contribution in [1.82, 2.24) is 10.3 Å². The molecule has 202 valence electrons. The number of benzene rings is 2. The summed E-state index contributed by atoms with van der Waals surface area (Å²) in [4.78, 5) is 42.6. The average molecular weight is 556 g/mol. The van der Waals surface area contributed by atoms with Gasteiger partial charge in [0.25, 0.3) is 11.8 Å². The van der Waals surface area contributed by atoms with Crippen LogP contribution in [0, 0.1) is 5.41 Å². The molecule has 2 aromatic heterocycles. The molecule has 2 amide bonds. The van der Waals surface area contributed by atoms with E-state index in [2.05, 4.69) is 15.6 Å². The summed E-state index contributed by atoms with van der Waals surface area (Å²) < 4.78 is 5.98. The highest BCUT2D eigenvalue weighted by molar-refractivity contribution is 7.08. The van der Waals surface area contributed by atoms with Crippen LogP contribution in [0.3, 0.4) is 0 Å². The molecular formula is C29H25N5O5S. The summed E-state index contributed by atoms with van der Waals surface area (Å²) in [5.41, 5.74) is 9.41. The molecule has 0 radical (unpaired) electrons. The molecule has 2 aromatic carbocycles. The van der Waals surface area contributed by atoms with Gasteiger partial charge in [0.05, 0.1) is 0 Å². The number of anilines is 1. The summed E-state index contributed by atoms with van der Waals surface area (Å²) in [7, 11) is 0. The van der Waals surface area contributed by atoms with Crippen LogP contribution in [-0.4, -0.2) is 40.3 Å². The van der Waals surface area contributed by atoms with Crippen LogP contribution in [0.5, 0.6) is 5.75 Å². The average Bonchev–Trinajstić information content (AvgIpc) is 3.44. The maximum Gasteiger partial charge on any atom is 0.355 e. The van der Waals surface area contributed by atoms with E-state index in [-0.39, 0.29) is 28.4 Å². The van der Waals surface area contributed by atoms with Crippen LogP contribution in [0.2, 0.25) is 0 Å². The standard InChI is InChI=1S/C29H25N5O5S/c1-2-9-32-28(36)23-8-7-18(25(34-23)29(37)38)19-11-24-20(22-14-40-13-16(22)12-39-24)10-21(19)27(35)33-17-5-3-15(4-6-17)26(30)31/h3-8,10-11,13-14H,2,9,12H2,1H3,(H3,30,31)(H,32,36)(H,33,35)(H,37,38). The molecule has 0 saturated carbocycles. The smallest absolute Gasteiger partial charge is 0.355 e. The Morgan fingerprint density at radius 3 is 2.50 bits per heavy atom. The highest BCUT2D eigenvalue weighted by Gasteiger charge is 2.27. The number of nitrogen functional groups attached to an aromatic ring is 1. The number of aromatic carboxylic acids is 1. The Morgan fingerprint density at radius 2 is 1.80 bits per heavy atom. The van der Waals surface area contributed by atoms with Crippen molar-refractivity contribution in [1.29, 1.82) is 5.41 Å². The number of carboxylic acids is 1. The number of carbonyl (C=O) groups excluding carboxylic acids is 2. The van der Waals surface area contributed by atoms with Gasteiger partial charge in [0, 0.05) is 51.2 Å². The molecule has 0 spiro atoms. The monoisotopic (exact) mass is 555 g/mol. The molecule has 0 saturated heterocycles. The first kappa shape index (κ1) is 26.6. The summed E-state index contributed by atoms with van der Waals surface area (Å²) in [6.45, 7) is 2.68. The van der Waals surface area contributed by atoms with Crippen molar-refractivity contribution < 1.29 is 24.2 Å². The Hall–Kier alpha value is -5.03. The van der Waals surface area contributed by atoms with Gasteiger partial charge in [0.1, 0.15) is 23.9 Å². The molecule has 11 heteroatoms. The molecule has 40 heavy (non-hydrogen) atoms. The van der Waals surface area contributed by atoms with Crippen LogP contribution >= 0.6 is 11.3 Å². The van der Waals surface area contributed by atoms with Crippen molar-refractivity contribution in [2.75, 3.05) is 11.9 Å². The van der Waals surface area contributed by atoms with E-state index in [1.54, 1.807) is 36.4 Å². The molecule has 0 atom stereocenters. The number of carbonyl (C=O) groups is 3. The van der Waals surface area contributed by atoms with Gasteiger partial charge in [-0.2, -0.15) is 11.3 Å². The Kier molecular flexibility index (Phi) is 7.30. The molecule has 1 aliphatic rings. The first-order valence-corrected chi connectivity index (χ1v) is 13.4. The summed E-state index contributed by atoms with van der Waals surface area (Å²) in [5, 5.41) is 27.1. The largest absolute Gasteiger partial charge is 0.488 e. The first-order chi connectivity index (χ1) is 19.3. The molecule has 0 unspecified atom stereocenters. The van der Waals surface area contributed by atoms with Gasteiger partial charge in [0.15, 0.2) is 5.69 Å². The minimum absolute atomic E-state index is 0.0386. The summed E-state index contributed by atoms with van der Waals surface area (Å²) in [6.07, 6.45) is 0.715. The lowest BCUT2D eigenvalue weighted by Crippen LogP contribution is -2.25. The van der Waals surface area contributed by atoms with Gasteiger partial charge >= 0.3 is 5.97 Å². The second-order valence-electron chi connectivity index (χ2n) is 9.09. The predicted molar refractivity (Wildman–Crippen MR) is 152 cm³/mol. The number of amidine groups is 1. The van der Waals surface area contributed by atoms with Crippen LogP contribution in [0.25, 0.3) is 22.3 Å². The zero-order valence-electron chi connectivity index (χ0n) is 21.4. The minimum atomic E-state index is -1.34. The normalized spacial score (nSPS) is 11.5. The van der Waals surface area contributed by atoms with E-state index in [1.807, 2.05) is 17.7 Å². The number of pyridine rings is 1. The number of nitrogens with two attached hydrogens (primary N) is 1. The third kappa shape index (κ3) is 5.14. The van der Waals surface area contributed by atoms with Crippen LogP contribution in [0.1, 0.15) is 55.8 Å².